The fourth-order valence-electron chi connectivity index (χ4n) is 5.33. The number of carbonyl (C=O) groups is 1. The zero-order valence-corrected chi connectivity index (χ0v) is 22.7. The molecule has 1 saturated carbocycles. The number of ether oxygens (including phenoxy) is 3. The second kappa shape index (κ2) is 9.59. The van der Waals surface area contributed by atoms with Crippen LogP contribution in [0.15, 0.2) is 36.7 Å². The largest absolute Gasteiger partial charge is 0.488 e. The molecule has 1 saturated heterocycles. The average Bonchev–Trinajstić information content (AvgIpc) is 3.58. The second-order valence-electron chi connectivity index (χ2n) is 11.0. The van der Waals surface area contributed by atoms with Crippen molar-refractivity contribution in [3.8, 4) is 17.0 Å². The molecule has 1 aromatic carbocycles. The number of carbonyl (C=O) groups excluding carboxylic acids is 1. The number of aromatic nitrogens is 2. The number of nitrogens with one attached hydrogen (secondary N) is 3. The van der Waals surface area contributed by atoms with Crippen LogP contribution in [-0.2, 0) is 21.3 Å². The number of halogens is 1. The van der Waals surface area contributed by atoms with Crippen LogP contribution in [0.4, 0.5) is 11.4 Å². The third-order valence-electron chi connectivity index (χ3n) is 7.74. The number of rotatable bonds is 7. The number of fused-ring (bicyclic) bond motifs is 2. The van der Waals surface area contributed by atoms with Crippen molar-refractivity contribution in [2.75, 3.05) is 31.7 Å². The van der Waals surface area contributed by atoms with Crippen molar-refractivity contribution >= 4 is 28.9 Å². The highest BCUT2D eigenvalue weighted by atomic mass is 35.5. The number of hydrogen-bond acceptors (Lipinski definition) is 6. The van der Waals surface area contributed by atoms with E-state index < -0.39 is 0 Å². The highest BCUT2D eigenvalue weighted by Crippen LogP contribution is 2.54. The maximum absolute atomic E-state index is 13.3. The number of benzene rings is 1. The van der Waals surface area contributed by atoms with E-state index in [-0.39, 0.29) is 23.0 Å². The second-order valence-corrected chi connectivity index (χ2v) is 11.4. The Morgan fingerprint density at radius 3 is 2.84 bits per heavy atom. The highest BCUT2D eigenvalue weighted by molar-refractivity contribution is 6.31. The summed E-state index contributed by atoms with van der Waals surface area (Å²) in [6.07, 6.45) is 6.08. The fourth-order valence-corrected chi connectivity index (χ4v) is 5.64. The van der Waals surface area contributed by atoms with E-state index in [1.807, 2.05) is 38.1 Å². The summed E-state index contributed by atoms with van der Waals surface area (Å²) in [5, 5.41) is 7.38. The third kappa shape index (κ3) is 4.55. The molecule has 2 aliphatic heterocycles. The minimum absolute atomic E-state index is 0.0476. The van der Waals surface area contributed by atoms with E-state index in [1.165, 1.54) is 0 Å². The van der Waals surface area contributed by atoms with Gasteiger partial charge in [0, 0.05) is 40.1 Å². The highest BCUT2D eigenvalue weighted by Gasteiger charge is 2.51. The van der Waals surface area contributed by atoms with E-state index in [2.05, 4.69) is 27.5 Å². The Bertz CT molecular complexity index is 1370. The van der Waals surface area contributed by atoms with Crippen LogP contribution in [0.2, 0.25) is 5.02 Å². The third-order valence-corrected chi connectivity index (χ3v) is 8.09. The molecule has 3 aromatic rings. The van der Waals surface area contributed by atoms with Crippen molar-refractivity contribution in [3.63, 3.8) is 0 Å². The summed E-state index contributed by atoms with van der Waals surface area (Å²) in [6.45, 7) is 8.04. The van der Waals surface area contributed by atoms with Gasteiger partial charge in [-0.2, -0.15) is 0 Å². The molecule has 0 bridgehead atoms. The Balaban J connectivity index is 1.40. The van der Waals surface area contributed by atoms with Gasteiger partial charge >= 0.3 is 0 Å². The van der Waals surface area contributed by atoms with Gasteiger partial charge in [-0.1, -0.05) is 24.6 Å². The number of hydrogen-bond donors (Lipinski definition) is 3. The number of aromatic amines is 1. The first kappa shape index (κ1) is 25.2. The SMILES string of the molecule is CCc1c(Cl)cccc1Nc1c(-c2ccncc2OCC2COC(C)(C)CO2)[nH]c2c1C(=O)NCC21CC1. The molecule has 3 aliphatic rings. The van der Waals surface area contributed by atoms with Gasteiger partial charge in [0.1, 0.15) is 18.5 Å². The van der Waals surface area contributed by atoms with Crippen LogP contribution < -0.4 is 15.4 Å². The van der Waals surface area contributed by atoms with Gasteiger partial charge in [-0.25, -0.2) is 0 Å². The lowest BCUT2D eigenvalue weighted by molar-refractivity contribution is -0.181. The Hall–Kier alpha value is -3.07. The zero-order valence-electron chi connectivity index (χ0n) is 21.9. The van der Waals surface area contributed by atoms with E-state index in [4.69, 9.17) is 25.8 Å². The lowest BCUT2D eigenvalue weighted by atomic mass is 9.93. The van der Waals surface area contributed by atoms with Crippen molar-refractivity contribution < 1.29 is 19.0 Å². The molecule has 1 aliphatic carbocycles. The first-order valence-corrected chi connectivity index (χ1v) is 13.6. The smallest absolute Gasteiger partial charge is 0.255 e. The summed E-state index contributed by atoms with van der Waals surface area (Å²) in [6, 6.07) is 7.71. The monoisotopic (exact) mass is 536 g/mol. The van der Waals surface area contributed by atoms with Crippen LogP contribution in [-0.4, -0.2) is 53.9 Å². The molecule has 1 atom stereocenters. The van der Waals surface area contributed by atoms with Crippen molar-refractivity contribution in [3.05, 3.63) is 58.5 Å². The van der Waals surface area contributed by atoms with Crippen LogP contribution in [0.25, 0.3) is 11.3 Å². The van der Waals surface area contributed by atoms with Crippen molar-refractivity contribution in [1.29, 1.82) is 0 Å². The van der Waals surface area contributed by atoms with Crippen LogP contribution in [0, 0.1) is 0 Å². The Morgan fingerprint density at radius 1 is 1.26 bits per heavy atom. The van der Waals surface area contributed by atoms with Gasteiger partial charge in [0.05, 0.1) is 42.0 Å². The molecule has 6 rings (SSSR count). The lowest BCUT2D eigenvalue weighted by Gasteiger charge is -2.34. The maximum atomic E-state index is 13.3. The van der Waals surface area contributed by atoms with E-state index in [9.17, 15) is 4.79 Å². The number of pyridine rings is 1. The molecule has 1 amide bonds. The van der Waals surface area contributed by atoms with Gasteiger partial charge in [0.15, 0.2) is 0 Å². The molecule has 2 aromatic heterocycles. The normalized spacial score (nSPS) is 21.1. The molecule has 4 heterocycles. The van der Waals surface area contributed by atoms with Crippen LogP contribution in [0.3, 0.4) is 0 Å². The number of anilines is 2. The zero-order chi connectivity index (χ0) is 26.5. The van der Waals surface area contributed by atoms with Gasteiger partial charge in [0.25, 0.3) is 5.91 Å². The maximum Gasteiger partial charge on any atom is 0.255 e. The van der Waals surface area contributed by atoms with Gasteiger partial charge in [-0.05, 0) is 56.9 Å². The molecule has 3 N–H and O–H groups in total. The van der Waals surface area contributed by atoms with Gasteiger partial charge in [-0.3, -0.25) is 9.78 Å². The molecule has 200 valence electrons. The molecular formula is C29H33ClN4O4. The summed E-state index contributed by atoms with van der Waals surface area (Å²) >= 11 is 6.53. The molecule has 1 unspecified atom stereocenters. The first-order chi connectivity index (χ1) is 18.3. The van der Waals surface area contributed by atoms with Gasteiger partial charge in [0.2, 0.25) is 0 Å². The summed E-state index contributed by atoms with van der Waals surface area (Å²) in [5.74, 6) is 0.518. The summed E-state index contributed by atoms with van der Waals surface area (Å²) in [5.41, 5.74) is 5.49. The minimum Gasteiger partial charge on any atom is -0.488 e. The Morgan fingerprint density at radius 2 is 2.11 bits per heavy atom. The molecular weight excluding hydrogens is 504 g/mol. The summed E-state index contributed by atoms with van der Waals surface area (Å²) < 4.78 is 18.1. The summed E-state index contributed by atoms with van der Waals surface area (Å²) in [4.78, 5) is 21.2. The molecule has 0 radical (unpaired) electrons. The van der Waals surface area contributed by atoms with Crippen LogP contribution >= 0.6 is 11.6 Å². The molecule has 38 heavy (non-hydrogen) atoms. The summed E-state index contributed by atoms with van der Waals surface area (Å²) in [7, 11) is 0. The lowest BCUT2D eigenvalue weighted by Crippen LogP contribution is -2.44. The predicted octanol–water partition coefficient (Wildman–Crippen LogP) is 5.38. The topological polar surface area (TPSA) is 97.5 Å². The van der Waals surface area contributed by atoms with E-state index >= 15 is 0 Å². The molecule has 1 spiro atoms. The first-order valence-electron chi connectivity index (χ1n) is 13.2. The average molecular weight is 537 g/mol. The standard InChI is InChI=1S/C29H33ClN4O4/c1-4-18-20(30)6-5-7-21(18)33-25-23-26(29(9-10-29)15-32-27(23)35)34-24(25)19-8-11-31-12-22(19)36-13-17-14-38-28(2,3)16-37-17/h5-8,11-12,17,33-34H,4,9-10,13-16H2,1-3H3,(H,32,35). The molecule has 9 heteroatoms. The van der Waals surface area contributed by atoms with E-state index in [0.29, 0.717) is 42.7 Å². The van der Waals surface area contributed by atoms with Crippen molar-refractivity contribution in [2.24, 2.45) is 0 Å². The quantitative estimate of drug-likeness (QED) is 0.375. The molecule has 2 fully saturated rings. The van der Waals surface area contributed by atoms with E-state index in [1.54, 1.807) is 12.4 Å². The number of H-pyrrole nitrogens is 1. The van der Waals surface area contributed by atoms with Gasteiger partial charge in [-0.15, -0.1) is 0 Å². The predicted molar refractivity (Wildman–Crippen MR) is 147 cm³/mol. The van der Waals surface area contributed by atoms with Gasteiger partial charge < -0.3 is 29.8 Å². The number of nitrogens with zero attached hydrogens (tertiary/aromatic N) is 1. The Kier molecular flexibility index (Phi) is 6.37. The van der Waals surface area contributed by atoms with E-state index in [0.717, 1.165) is 53.2 Å². The van der Waals surface area contributed by atoms with Crippen LogP contribution in [0.1, 0.15) is 55.2 Å². The van der Waals surface area contributed by atoms with Crippen molar-refractivity contribution in [1.82, 2.24) is 15.3 Å². The van der Waals surface area contributed by atoms with Crippen LogP contribution in [0.5, 0.6) is 5.75 Å². The number of amides is 1. The minimum atomic E-state index is -0.295. The van der Waals surface area contributed by atoms with Crippen molar-refractivity contribution in [2.45, 2.75) is 57.2 Å². The fraction of sp³-hybridized carbons (Fsp3) is 0.448. The molecule has 8 nitrogen and oxygen atoms in total. The Labute approximate surface area is 227 Å².